The molecule has 2 aromatic heterocycles. The summed E-state index contributed by atoms with van der Waals surface area (Å²) in [6.07, 6.45) is 1.56. The molecule has 0 radical (unpaired) electrons. The average Bonchev–Trinajstić information content (AvgIpc) is 3.18. The average molecular weight is 354 g/mol. The lowest BCUT2D eigenvalue weighted by Gasteiger charge is -2.10. The molecule has 9 nitrogen and oxygen atoms in total. The number of anilines is 1. The molecule has 0 atom stereocenters. The van der Waals surface area contributed by atoms with E-state index in [4.69, 9.17) is 10.5 Å². The molecular formula is C17H18N6O3. The number of hydrazone groups is 1. The van der Waals surface area contributed by atoms with Crippen molar-refractivity contribution in [2.24, 2.45) is 5.10 Å². The minimum Gasteiger partial charge on any atom is -0.497 e. The summed E-state index contributed by atoms with van der Waals surface area (Å²) in [6, 6.07) is 9.72. The number of aromatic nitrogens is 3. The number of nitrogens with zero attached hydrogens (tertiary/aromatic N) is 4. The first kappa shape index (κ1) is 17.2. The van der Waals surface area contributed by atoms with E-state index in [0.29, 0.717) is 0 Å². The number of hydrogen-bond donors (Lipinski definition) is 2. The molecule has 2 heterocycles. The number of methoxy groups -OCH3 is 1. The molecule has 3 rings (SSSR count). The fourth-order valence-electron chi connectivity index (χ4n) is 2.61. The lowest BCUT2D eigenvalue weighted by atomic mass is 10.2. The molecule has 0 saturated heterocycles. The van der Waals surface area contributed by atoms with Crippen molar-refractivity contribution < 1.29 is 14.2 Å². The molecule has 1 aromatic carbocycles. The van der Waals surface area contributed by atoms with Crippen molar-refractivity contribution >= 4 is 17.9 Å². The van der Waals surface area contributed by atoms with Gasteiger partial charge in [-0.25, -0.2) is 10.1 Å². The number of amides is 1. The zero-order chi connectivity index (χ0) is 18.7. The molecule has 0 aliphatic carbocycles. The van der Waals surface area contributed by atoms with Gasteiger partial charge in [0.05, 0.1) is 13.3 Å². The molecule has 26 heavy (non-hydrogen) atoms. The van der Waals surface area contributed by atoms with E-state index in [1.165, 1.54) is 0 Å². The number of carbonyl (C=O) groups is 1. The second-order valence-electron chi connectivity index (χ2n) is 5.56. The number of aryl methyl sites for hydroxylation is 1. The molecule has 9 heteroatoms. The minimum atomic E-state index is -0.594. The first-order chi connectivity index (χ1) is 12.5. The topological polar surface area (TPSA) is 121 Å². The summed E-state index contributed by atoms with van der Waals surface area (Å²) in [5.41, 5.74) is 11.6. The van der Waals surface area contributed by atoms with E-state index in [1.807, 2.05) is 44.2 Å². The Morgan fingerprint density at radius 1 is 1.31 bits per heavy atom. The number of rotatable bonds is 5. The molecule has 0 bridgehead atoms. The van der Waals surface area contributed by atoms with E-state index in [-0.39, 0.29) is 11.5 Å². The van der Waals surface area contributed by atoms with Gasteiger partial charge in [0.1, 0.15) is 5.75 Å². The molecule has 0 unspecified atom stereocenters. The first-order valence-electron chi connectivity index (χ1n) is 7.76. The number of nitrogen functional groups attached to an aromatic ring is 1. The van der Waals surface area contributed by atoms with Gasteiger partial charge in [0, 0.05) is 22.6 Å². The lowest BCUT2D eigenvalue weighted by Crippen LogP contribution is -2.19. The van der Waals surface area contributed by atoms with Crippen LogP contribution in [0.2, 0.25) is 0 Å². The fourth-order valence-corrected chi connectivity index (χ4v) is 2.61. The molecule has 134 valence electrons. The fraction of sp³-hybridized carbons (Fsp3) is 0.176. The van der Waals surface area contributed by atoms with Crippen LogP contribution in [0.15, 0.2) is 40.1 Å². The van der Waals surface area contributed by atoms with Crippen molar-refractivity contribution in [2.75, 3.05) is 12.8 Å². The maximum Gasteiger partial charge on any atom is 0.297 e. The van der Waals surface area contributed by atoms with Crippen LogP contribution >= 0.6 is 0 Å². The van der Waals surface area contributed by atoms with Gasteiger partial charge in [0.15, 0.2) is 0 Å². The van der Waals surface area contributed by atoms with Gasteiger partial charge in [-0.15, -0.1) is 0 Å². The van der Waals surface area contributed by atoms with Crippen molar-refractivity contribution in [2.45, 2.75) is 13.8 Å². The number of nitrogens with one attached hydrogen (secondary N) is 1. The van der Waals surface area contributed by atoms with Gasteiger partial charge in [0.25, 0.3) is 5.91 Å². The normalized spacial score (nSPS) is 11.0. The highest BCUT2D eigenvalue weighted by Crippen LogP contribution is 2.21. The van der Waals surface area contributed by atoms with Crippen LogP contribution in [0.3, 0.4) is 0 Å². The van der Waals surface area contributed by atoms with Crippen LogP contribution in [0.5, 0.6) is 5.75 Å². The maximum atomic E-state index is 11.9. The van der Waals surface area contributed by atoms with Gasteiger partial charge >= 0.3 is 0 Å². The second-order valence-corrected chi connectivity index (χ2v) is 5.56. The number of ether oxygens (including phenoxy) is 1. The molecular weight excluding hydrogens is 336 g/mol. The van der Waals surface area contributed by atoms with Gasteiger partial charge < -0.3 is 15.0 Å². The largest absolute Gasteiger partial charge is 0.497 e. The van der Waals surface area contributed by atoms with Crippen LogP contribution in [0.4, 0.5) is 5.82 Å². The van der Waals surface area contributed by atoms with E-state index in [1.54, 1.807) is 13.3 Å². The van der Waals surface area contributed by atoms with Gasteiger partial charge in [-0.3, -0.25) is 4.79 Å². The van der Waals surface area contributed by atoms with E-state index >= 15 is 0 Å². The predicted octanol–water partition coefficient (Wildman–Crippen LogP) is 1.83. The van der Waals surface area contributed by atoms with E-state index in [0.717, 1.165) is 28.4 Å². The number of carbonyl (C=O) groups excluding carboxylic acids is 1. The maximum absolute atomic E-state index is 11.9. The Morgan fingerprint density at radius 2 is 2.04 bits per heavy atom. The zero-order valence-electron chi connectivity index (χ0n) is 14.6. The van der Waals surface area contributed by atoms with Gasteiger partial charge in [-0.05, 0) is 54.5 Å². The molecule has 0 fully saturated rings. The van der Waals surface area contributed by atoms with Gasteiger partial charge in [-0.1, -0.05) is 0 Å². The summed E-state index contributed by atoms with van der Waals surface area (Å²) in [5, 5.41) is 10.7. The van der Waals surface area contributed by atoms with Crippen molar-refractivity contribution in [1.29, 1.82) is 0 Å². The van der Waals surface area contributed by atoms with Crippen LogP contribution < -0.4 is 15.9 Å². The summed E-state index contributed by atoms with van der Waals surface area (Å²) in [6.45, 7) is 3.97. The second kappa shape index (κ2) is 7.09. The predicted molar refractivity (Wildman–Crippen MR) is 95.6 cm³/mol. The molecule has 1 amide bonds. The quantitative estimate of drug-likeness (QED) is 0.533. The number of nitrogens with two attached hydrogens (primary N) is 1. The molecule has 3 N–H and O–H groups in total. The molecule has 0 spiro atoms. The molecule has 0 aliphatic heterocycles. The standard InChI is InChI=1S/C17H18N6O3/c1-10-8-12(9-19-20-17(24)15-16(18)22-26-21-15)11(2)23(10)13-4-6-14(25-3)7-5-13/h4-9H,1-3H3,(H2,18,22)(H,20,24)/b19-9-. The molecule has 0 aliphatic rings. The third-order valence-corrected chi connectivity index (χ3v) is 3.90. The summed E-state index contributed by atoms with van der Waals surface area (Å²) >= 11 is 0. The van der Waals surface area contributed by atoms with Gasteiger partial charge in [0.2, 0.25) is 11.5 Å². The Kier molecular flexibility index (Phi) is 4.70. The summed E-state index contributed by atoms with van der Waals surface area (Å²) < 4.78 is 11.7. The Labute approximate surface area is 149 Å². The van der Waals surface area contributed by atoms with Crippen molar-refractivity contribution in [3.8, 4) is 11.4 Å². The third kappa shape index (κ3) is 3.27. The monoisotopic (exact) mass is 354 g/mol. The smallest absolute Gasteiger partial charge is 0.297 e. The Balaban J connectivity index is 1.79. The van der Waals surface area contributed by atoms with E-state index in [2.05, 4.69) is 30.0 Å². The van der Waals surface area contributed by atoms with Crippen molar-refractivity contribution in [3.63, 3.8) is 0 Å². The van der Waals surface area contributed by atoms with Crippen LogP contribution in [-0.2, 0) is 0 Å². The highest BCUT2D eigenvalue weighted by Gasteiger charge is 2.15. The zero-order valence-corrected chi connectivity index (χ0v) is 14.6. The van der Waals surface area contributed by atoms with Crippen molar-refractivity contribution in [3.05, 3.63) is 53.0 Å². The SMILES string of the molecule is COc1ccc(-n2c(C)cc(/C=N\NC(=O)c3nonc3N)c2C)cc1. The first-order valence-corrected chi connectivity index (χ1v) is 7.76. The summed E-state index contributed by atoms with van der Waals surface area (Å²) in [4.78, 5) is 11.9. The Morgan fingerprint density at radius 3 is 2.65 bits per heavy atom. The third-order valence-electron chi connectivity index (χ3n) is 3.90. The lowest BCUT2D eigenvalue weighted by molar-refractivity contribution is 0.0946. The Hall–Kier alpha value is -3.62. The Bertz CT molecular complexity index is 956. The molecule has 3 aromatic rings. The van der Waals surface area contributed by atoms with E-state index < -0.39 is 5.91 Å². The highest BCUT2D eigenvalue weighted by molar-refractivity contribution is 5.96. The minimum absolute atomic E-state index is 0.0876. The van der Waals surface area contributed by atoms with Crippen LogP contribution in [0.1, 0.15) is 27.4 Å². The summed E-state index contributed by atoms with van der Waals surface area (Å²) in [5.74, 6) is 0.113. The summed E-state index contributed by atoms with van der Waals surface area (Å²) in [7, 11) is 1.63. The van der Waals surface area contributed by atoms with Gasteiger partial charge in [-0.2, -0.15) is 5.10 Å². The number of hydrogen-bond acceptors (Lipinski definition) is 7. The van der Waals surface area contributed by atoms with Crippen LogP contribution in [0.25, 0.3) is 5.69 Å². The van der Waals surface area contributed by atoms with Crippen LogP contribution in [0, 0.1) is 13.8 Å². The van der Waals surface area contributed by atoms with Crippen LogP contribution in [-0.4, -0.2) is 34.1 Å². The number of benzene rings is 1. The highest BCUT2D eigenvalue weighted by atomic mass is 16.6. The molecule has 0 saturated carbocycles. The van der Waals surface area contributed by atoms with Crippen molar-refractivity contribution in [1.82, 2.24) is 20.3 Å². The van der Waals surface area contributed by atoms with E-state index in [9.17, 15) is 4.79 Å².